The van der Waals surface area contributed by atoms with Crippen LogP contribution in [0.3, 0.4) is 0 Å². The number of amides is 1. The number of nitrogens with one attached hydrogen (secondary N) is 2. The van der Waals surface area contributed by atoms with E-state index in [9.17, 15) is 9.59 Å². The highest BCUT2D eigenvalue weighted by molar-refractivity contribution is 7.17. The van der Waals surface area contributed by atoms with Gasteiger partial charge in [0.2, 0.25) is 11.9 Å². The average Bonchev–Trinajstić information content (AvgIpc) is 3.17. The van der Waals surface area contributed by atoms with E-state index in [-0.39, 0.29) is 17.4 Å². The van der Waals surface area contributed by atoms with Crippen molar-refractivity contribution in [2.75, 3.05) is 24.5 Å². The van der Waals surface area contributed by atoms with Gasteiger partial charge < -0.3 is 10.2 Å². The van der Waals surface area contributed by atoms with Gasteiger partial charge in [0.15, 0.2) is 0 Å². The summed E-state index contributed by atoms with van der Waals surface area (Å²) in [4.78, 5) is 35.2. The number of fused-ring (bicyclic) bond motifs is 1. The van der Waals surface area contributed by atoms with Crippen molar-refractivity contribution >= 4 is 33.4 Å². The Morgan fingerprint density at radius 3 is 2.90 bits per heavy atom. The van der Waals surface area contributed by atoms with Crippen LogP contribution >= 0.6 is 11.3 Å². The molecular weight excluding hydrogens is 396 g/mol. The zero-order chi connectivity index (χ0) is 21.3. The molecule has 6 nitrogen and oxygen atoms in total. The summed E-state index contributed by atoms with van der Waals surface area (Å²) < 4.78 is 0.639. The lowest BCUT2D eigenvalue weighted by molar-refractivity contribution is -0.125. The number of hydrogen-bond acceptors (Lipinski definition) is 5. The molecule has 1 fully saturated rings. The number of aromatic nitrogens is 2. The first-order valence-electron chi connectivity index (χ1n) is 10.5. The third kappa shape index (κ3) is 4.12. The molecule has 158 valence electrons. The van der Waals surface area contributed by atoms with Crippen LogP contribution in [-0.2, 0) is 4.79 Å². The van der Waals surface area contributed by atoms with Crippen molar-refractivity contribution in [3.05, 3.63) is 45.6 Å². The van der Waals surface area contributed by atoms with E-state index in [0.717, 1.165) is 41.6 Å². The van der Waals surface area contributed by atoms with Crippen LogP contribution < -0.4 is 15.8 Å². The normalized spacial score (nSPS) is 16.9. The number of aromatic amines is 1. The number of benzene rings is 1. The molecule has 2 aromatic heterocycles. The molecule has 1 aromatic carbocycles. The number of thiophene rings is 1. The first-order valence-corrected chi connectivity index (χ1v) is 11.4. The molecule has 4 rings (SSSR count). The summed E-state index contributed by atoms with van der Waals surface area (Å²) in [5, 5.41) is 5.05. The first kappa shape index (κ1) is 20.6. The zero-order valence-electron chi connectivity index (χ0n) is 17.7. The van der Waals surface area contributed by atoms with E-state index >= 15 is 0 Å². The van der Waals surface area contributed by atoms with Crippen LogP contribution in [0.25, 0.3) is 21.3 Å². The maximum atomic E-state index is 12.8. The summed E-state index contributed by atoms with van der Waals surface area (Å²) in [6.45, 7) is 8.28. The molecular formula is C23H28N4O2S. The van der Waals surface area contributed by atoms with Gasteiger partial charge in [-0.15, -0.1) is 11.3 Å². The van der Waals surface area contributed by atoms with Crippen molar-refractivity contribution in [1.29, 1.82) is 0 Å². The molecule has 7 heteroatoms. The van der Waals surface area contributed by atoms with Crippen LogP contribution in [0.2, 0.25) is 0 Å². The molecule has 1 aliphatic heterocycles. The summed E-state index contributed by atoms with van der Waals surface area (Å²) in [6.07, 6.45) is 1.76. The maximum absolute atomic E-state index is 12.8. The number of piperidine rings is 1. The van der Waals surface area contributed by atoms with E-state index in [1.165, 1.54) is 11.3 Å². The Bertz CT molecular complexity index is 1120. The van der Waals surface area contributed by atoms with Crippen molar-refractivity contribution in [3.8, 4) is 11.1 Å². The Morgan fingerprint density at radius 2 is 2.13 bits per heavy atom. The predicted octanol–water partition coefficient (Wildman–Crippen LogP) is 3.95. The molecule has 1 aliphatic rings. The molecule has 0 radical (unpaired) electrons. The number of anilines is 1. The Labute approximate surface area is 180 Å². The van der Waals surface area contributed by atoms with E-state index in [1.807, 2.05) is 22.4 Å². The number of carbonyl (C=O) groups excluding carboxylic acids is 1. The van der Waals surface area contributed by atoms with Crippen molar-refractivity contribution in [1.82, 2.24) is 15.3 Å². The van der Waals surface area contributed by atoms with Gasteiger partial charge in [-0.1, -0.05) is 38.1 Å². The first-order chi connectivity index (χ1) is 14.4. The fraction of sp³-hybridized carbons (Fsp3) is 0.435. The molecule has 1 amide bonds. The molecule has 0 bridgehead atoms. The van der Waals surface area contributed by atoms with Crippen molar-refractivity contribution in [2.45, 2.75) is 33.6 Å². The van der Waals surface area contributed by atoms with Gasteiger partial charge in [0.05, 0.1) is 11.4 Å². The minimum Gasteiger partial charge on any atom is -0.356 e. The van der Waals surface area contributed by atoms with E-state index < -0.39 is 0 Å². The molecule has 1 atom stereocenters. The van der Waals surface area contributed by atoms with Gasteiger partial charge in [-0.05, 0) is 36.8 Å². The number of carbonyl (C=O) groups is 1. The smallest absolute Gasteiger partial charge is 0.270 e. The summed E-state index contributed by atoms with van der Waals surface area (Å²) in [5.41, 5.74) is 3.85. The standard InChI is InChI=1S/C23H28N4O2S/c1-14(2)11-24-21(28)16-8-6-10-27(12-16)23-25-19-18(13-30-20(19)22(29)26-23)17-9-5-4-7-15(17)3/h4-5,7,9,13-14,16H,6,8,10-12H2,1-3H3,(H,24,28)(H,25,26,29)/t16-/m0/s1. The zero-order valence-corrected chi connectivity index (χ0v) is 18.5. The second kappa shape index (κ2) is 8.60. The van der Waals surface area contributed by atoms with Crippen LogP contribution in [0, 0.1) is 18.8 Å². The maximum Gasteiger partial charge on any atom is 0.270 e. The molecule has 1 saturated heterocycles. The summed E-state index contributed by atoms with van der Waals surface area (Å²) in [6, 6.07) is 8.15. The number of nitrogens with zero attached hydrogens (tertiary/aromatic N) is 2. The number of rotatable bonds is 5. The Hall–Kier alpha value is -2.67. The minimum atomic E-state index is -0.119. The second-order valence-electron chi connectivity index (χ2n) is 8.46. The van der Waals surface area contributed by atoms with E-state index in [1.54, 1.807) is 0 Å². The average molecular weight is 425 g/mol. The number of aryl methyl sites for hydroxylation is 1. The third-order valence-electron chi connectivity index (χ3n) is 5.63. The molecule has 0 aliphatic carbocycles. The molecule has 30 heavy (non-hydrogen) atoms. The van der Waals surface area contributed by atoms with E-state index in [2.05, 4.69) is 43.2 Å². The second-order valence-corrected chi connectivity index (χ2v) is 9.34. The van der Waals surface area contributed by atoms with Gasteiger partial charge >= 0.3 is 0 Å². The highest BCUT2D eigenvalue weighted by Crippen LogP contribution is 2.33. The summed E-state index contributed by atoms with van der Waals surface area (Å²) >= 11 is 1.43. The molecule has 3 heterocycles. The van der Waals surface area contributed by atoms with Gasteiger partial charge in [-0.25, -0.2) is 4.98 Å². The van der Waals surface area contributed by atoms with Crippen LogP contribution in [-0.4, -0.2) is 35.5 Å². The van der Waals surface area contributed by atoms with Crippen LogP contribution in [0.5, 0.6) is 0 Å². The Morgan fingerprint density at radius 1 is 1.33 bits per heavy atom. The molecule has 0 saturated carbocycles. The fourth-order valence-electron chi connectivity index (χ4n) is 3.96. The van der Waals surface area contributed by atoms with Crippen molar-refractivity contribution < 1.29 is 4.79 Å². The lowest BCUT2D eigenvalue weighted by Gasteiger charge is -2.32. The van der Waals surface area contributed by atoms with E-state index in [4.69, 9.17) is 4.98 Å². The third-order valence-corrected chi connectivity index (χ3v) is 6.59. The van der Waals surface area contributed by atoms with Crippen molar-refractivity contribution in [2.24, 2.45) is 11.8 Å². The SMILES string of the molecule is Cc1ccccc1-c1csc2c(=O)[nH]c(N3CCC[C@H](C(=O)NCC(C)C)C3)nc12. The Balaban J connectivity index is 1.64. The molecule has 0 unspecified atom stereocenters. The number of H-pyrrole nitrogens is 1. The monoisotopic (exact) mass is 424 g/mol. The quantitative estimate of drug-likeness (QED) is 0.650. The van der Waals surface area contributed by atoms with Crippen LogP contribution in [0.15, 0.2) is 34.4 Å². The lowest BCUT2D eigenvalue weighted by Crippen LogP contribution is -2.44. The summed E-state index contributed by atoms with van der Waals surface area (Å²) in [7, 11) is 0. The van der Waals surface area contributed by atoms with Crippen LogP contribution in [0.4, 0.5) is 5.95 Å². The van der Waals surface area contributed by atoms with Gasteiger partial charge in [0.1, 0.15) is 4.70 Å². The minimum absolute atomic E-state index is 0.0863. The topological polar surface area (TPSA) is 78.1 Å². The van der Waals surface area contributed by atoms with Crippen LogP contribution in [0.1, 0.15) is 32.3 Å². The lowest BCUT2D eigenvalue weighted by atomic mass is 9.97. The fourth-order valence-corrected chi connectivity index (χ4v) is 4.86. The summed E-state index contributed by atoms with van der Waals surface area (Å²) in [5.74, 6) is 0.986. The van der Waals surface area contributed by atoms with Gasteiger partial charge in [-0.2, -0.15) is 0 Å². The molecule has 0 spiro atoms. The largest absolute Gasteiger partial charge is 0.356 e. The van der Waals surface area contributed by atoms with Gasteiger partial charge in [0.25, 0.3) is 5.56 Å². The van der Waals surface area contributed by atoms with E-state index in [0.29, 0.717) is 29.7 Å². The highest BCUT2D eigenvalue weighted by atomic mass is 32.1. The Kier molecular flexibility index (Phi) is 5.90. The van der Waals surface area contributed by atoms with Gasteiger partial charge in [-0.3, -0.25) is 14.6 Å². The molecule has 3 aromatic rings. The molecule has 2 N–H and O–H groups in total. The van der Waals surface area contributed by atoms with Gasteiger partial charge in [0, 0.05) is 30.6 Å². The van der Waals surface area contributed by atoms with Crippen molar-refractivity contribution in [3.63, 3.8) is 0 Å². The number of hydrogen-bond donors (Lipinski definition) is 2. The predicted molar refractivity (Wildman–Crippen MR) is 123 cm³/mol. The highest BCUT2D eigenvalue weighted by Gasteiger charge is 2.27.